The fourth-order valence-electron chi connectivity index (χ4n) is 4.41. The smallest absolute Gasteiger partial charge is 0.247 e. The van der Waals surface area contributed by atoms with Crippen LogP contribution in [0, 0.1) is 0 Å². The minimum absolute atomic E-state index is 0.121. The van der Waals surface area contributed by atoms with E-state index >= 15 is 0 Å². The van der Waals surface area contributed by atoms with Crippen molar-refractivity contribution in [3.8, 4) is 5.75 Å². The summed E-state index contributed by atoms with van der Waals surface area (Å²) >= 11 is 8.00. The van der Waals surface area contributed by atoms with Crippen molar-refractivity contribution >= 4 is 34.8 Å². The van der Waals surface area contributed by atoms with Crippen molar-refractivity contribution in [2.45, 2.75) is 50.7 Å². The number of methoxy groups -OCH3 is 1. The Morgan fingerprint density at radius 3 is 2.47 bits per heavy atom. The summed E-state index contributed by atoms with van der Waals surface area (Å²) in [4.78, 5) is 30.0. The van der Waals surface area contributed by atoms with E-state index in [-0.39, 0.29) is 30.8 Å². The number of carbonyl (C=O) groups excluding carboxylic acids is 2. The molecule has 3 aromatic rings. The molecular weight excluding hydrogens is 468 g/mol. The first-order chi connectivity index (χ1) is 16.5. The molecule has 1 saturated carbocycles. The molecule has 1 aromatic heterocycles. The Morgan fingerprint density at radius 2 is 1.82 bits per heavy atom. The van der Waals surface area contributed by atoms with Crippen LogP contribution in [-0.4, -0.2) is 29.9 Å². The number of thiophene rings is 1. The molecule has 34 heavy (non-hydrogen) atoms. The van der Waals surface area contributed by atoms with Crippen molar-refractivity contribution in [1.29, 1.82) is 0 Å². The summed E-state index contributed by atoms with van der Waals surface area (Å²) < 4.78 is 5.31. The maximum absolute atomic E-state index is 13.7. The molecule has 1 aliphatic rings. The largest absolute Gasteiger partial charge is 0.497 e. The van der Waals surface area contributed by atoms with Crippen molar-refractivity contribution in [3.63, 3.8) is 0 Å². The van der Waals surface area contributed by atoms with Gasteiger partial charge >= 0.3 is 0 Å². The number of hydrogen-bond donors (Lipinski definition) is 1. The van der Waals surface area contributed by atoms with Gasteiger partial charge in [-0.2, -0.15) is 0 Å². The van der Waals surface area contributed by atoms with Gasteiger partial charge in [-0.05, 0) is 53.6 Å². The van der Waals surface area contributed by atoms with Crippen molar-refractivity contribution in [2.75, 3.05) is 7.11 Å². The zero-order valence-corrected chi connectivity index (χ0v) is 20.8. The van der Waals surface area contributed by atoms with E-state index in [2.05, 4.69) is 5.32 Å². The molecule has 1 atom stereocenters. The molecule has 178 valence electrons. The van der Waals surface area contributed by atoms with Crippen molar-refractivity contribution in [1.82, 2.24) is 10.2 Å². The van der Waals surface area contributed by atoms with Crippen LogP contribution >= 0.6 is 22.9 Å². The van der Waals surface area contributed by atoms with E-state index in [0.717, 1.165) is 41.7 Å². The third-order valence-corrected chi connectivity index (χ3v) is 7.46. The quantitative estimate of drug-likeness (QED) is 0.408. The van der Waals surface area contributed by atoms with Gasteiger partial charge in [0.15, 0.2) is 0 Å². The first kappa shape index (κ1) is 24.3. The van der Waals surface area contributed by atoms with E-state index in [9.17, 15) is 9.59 Å². The number of nitrogens with zero attached hydrogens (tertiary/aromatic N) is 1. The predicted molar refractivity (Wildman–Crippen MR) is 136 cm³/mol. The maximum atomic E-state index is 13.7. The Bertz CT molecular complexity index is 1100. The van der Waals surface area contributed by atoms with Crippen LogP contribution in [0.25, 0.3) is 0 Å². The fourth-order valence-corrected chi connectivity index (χ4v) is 5.30. The second-order valence-electron chi connectivity index (χ2n) is 8.53. The van der Waals surface area contributed by atoms with Gasteiger partial charge in [-0.1, -0.05) is 60.8 Å². The summed E-state index contributed by atoms with van der Waals surface area (Å²) in [5, 5.41) is 5.73. The number of ether oxygens (including phenoxy) is 1. The van der Waals surface area contributed by atoms with E-state index in [1.54, 1.807) is 18.1 Å². The Labute approximate surface area is 209 Å². The Hall–Kier alpha value is -2.83. The van der Waals surface area contributed by atoms with Crippen LogP contribution < -0.4 is 10.1 Å². The summed E-state index contributed by atoms with van der Waals surface area (Å²) in [6.45, 7) is 0.235. The number of carbonyl (C=O) groups is 2. The van der Waals surface area contributed by atoms with Crippen LogP contribution in [0.5, 0.6) is 5.75 Å². The zero-order chi connectivity index (χ0) is 23.9. The van der Waals surface area contributed by atoms with Crippen molar-refractivity contribution in [3.05, 3.63) is 87.1 Å². The van der Waals surface area contributed by atoms with E-state index in [1.165, 1.54) is 11.3 Å². The number of amides is 2. The van der Waals surface area contributed by atoms with E-state index < -0.39 is 6.04 Å². The summed E-state index contributed by atoms with van der Waals surface area (Å²) in [6, 6.07) is 18.0. The van der Waals surface area contributed by atoms with Gasteiger partial charge in [0.25, 0.3) is 0 Å². The highest BCUT2D eigenvalue weighted by Crippen LogP contribution is 2.30. The van der Waals surface area contributed by atoms with Crippen molar-refractivity contribution < 1.29 is 14.3 Å². The first-order valence-corrected chi connectivity index (χ1v) is 12.8. The van der Waals surface area contributed by atoms with Crippen LogP contribution in [0.3, 0.4) is 0 Å². The third kappa shape index (κ3) is 5.99. The lowest BCUT2D eigenvalue weighted by atomic mass is 10.0. The second kappa shape index (κ2) is 11.5. The molecule has 0 radical (unpaired) electrons. The highest BCUT2D eigenvalue weighted by Gasteiger charge is 2.33. The van der Waals surface area contributed by atoms with Gasteiger partial charge in [-0.3, -0.25) is 9.59 Å². The van der Waals surface area contributed by atoms with Crippen LogP contribution in [0.2, 0.25) is 5.02 Å². The molecule has 1 N–H and O–H groups in total. The second-order valence-corrected chi connectivity index (χ2v) is 9.97. The molecule has 5 nitrogen and oxygen atoms in total. The van der Waals surface area contributed by atoms with Gasteiger partial charge in [0.2, 0.25) is 11.8 Å². The molecule has 1 unspecified atom stereocenters. The summed E-state index contributed by atoms with van der Waals surface area (Å²) in [5.41, 5.74) is 1.54. The molecule has 1 aliphatic carbocycles. The lowest BCUT2D eigenvalue weighted by Gasteiger charge is -2.32. The van der Waals surface area contributed by atoms with Gasteiger partial charge in [-0.25, -0.2) is 0 Å². The molecular formula is C27H29ClN2O3S. The molecule has 4 rings (SSSR count). The van der Waals surface area contributed by atoms with Gasteiger partial charge in [0, 0.05) is 22.5 Å². The SMILES string of the molecule is COc1ccc(C(C(=O)NC2CCCC2)N(Cc2ccccc2Cl)C(=O)Cc2cccs2)cc1. The number of rotatable bonds is 9. The minimum Gasteiger partial charge on any atom is -0.497 e. The fraction of sp³-hybridized carbons (Fsp3) is 0.333. The first-order valence-electron chi connectivity index (χ1n) is 11.5. The standard InChI is InChI=1S/C27H29ClN2O3S/c1-33-22-14-12-19(13-15-22)26(27(32)29-21-8-3-4-9-21)30(18-20-7-2-5-11-24(20)28)25(31)17-23-10-6-16-34-23/h2,5-7,10-16,21,26H,3-4,8-9,17-18H2,1H3,(H,29,32). The highest BCUT2D eigenvalue weighted by molar-refractivity contribution is 7.10. The molecule has 1 fully saturated rings. The molecule has 2 aromatic carbocycles. The summed E-state index contributed by atoms with van der Waals surface area (Å²) in [7, 11) is 1.60. The molecule has 7 heteroatoms. The topological polar surface area (TPSA) is 58.6 Å². The predicted octanol–water partition coefficient (Wildman–Crippen LogP) is 5.78. The van der Waals surface area contributed by atoms with E-state index in [1.807, 2.05) is 60.0 Å². The summed E-state index contributed by atoms with van der Waals surface area (Å²) in [6.07, 6.45) is 4.38. The van der Waals surface area contributed by atoms with Crippen LogP contribution in [0.15, 0.2) is 66.0 Å². The van der Waals surface area contributed by atoms with Crippen LogP contribution in [0.4, 0.5) is 0 Å². The average molecular weight is 497 g/mol. The number of benzene rings is 2. The summed E-state index contributed by atoms with van der Waals surface area (Å²) in [5.74, 6) is 0.412. The molecule has 1 heterocycles. The number of halogens is 1. The molecule has 0 bridgehead atoms. The third-order valence-electron chi connectivity index (χ3n) is 6.22. The van der Waals surface area contributed by atoms with E-state index in [0.29, 0.717) is 10.8 Å². The molecule has 0 spiro atoms. The molecule has 0 saturated heterocycles. The minimum atomic E-state index is -0.782. The normalized spacial score (nSPS) is 14.5. The monoisotopic (exact) mass is 496 g/mol. The maximum Gasteiger partial charge on any atom is 0.247 e. The highest BCUT2D eigenvalue weighted by atomic mass is 35.5. The van der Waals surface area contributed by atoms with Gasteiger partial charge in [0.05, 0.1) is 13.5 Å². The van der Waals surface area contributed by atoms with Crippen LogP contribution in [0.1, 0.15) is 47.7 Å². The van der Waals surface area contributed by atoms with Crippen LogP contribution in [-0.2, 0) is 22.6 Å². The molecule has 2 amide bonds. The lowest BCUT2D eigenvalue weighted by Crippen LogP contribution is -2.46. The van der Waals surface area contributed by atoms with Crippen molar-refractivity contribution in [2.24, 2.45) is 0 Å². The Balaban J connectivity index is 1.71. The van der Waals surface area contributed by atoms with Gasteiger partial charge in [-0.15, -0.1) is 11.3 Å². The number of nitrogens with one attached hydrogen (secondary N) is 1. The zero-order valence-electron chi connectivity index (χ0n) is 19.2. The molecule has 0 aliphatic heterocycles. The Morgan fingerprint density at radius 1 is 1.09 bits per heavy atom. The Kier molecular flexibility index (Phi) is 8.25. The number of hydrogen-bond acceptors (Lipinski definition) is 4. The van der Waals surface area contributed by atoms with Gasteiger partial charge in [0.1, 0.15) is 11.8 Å². The average Bonchev–Trinajstić information content (AvgIpc) is 3.55. The van der Waals surface area contributed by atoms with Gasteiger partial charge < -0.3 is 15.0 Å². The lowest BCUT2D eigenvalue weighted by molar-refractivity contribution is -0.141. The van der Waals surface area contributed by atoms with E-state index in [4.69, 9.17) is 16.3 Å².